The Kier molecular flexibility index (Phi) is 5.99. The molecule has 30 heavy (non-hydrogen) atoms. The van der Waals surface area contributed by atoms with Gasteiger partial charge in [-0.2, -0.15) is 0 Å². The van der Waals surface area contributed by atoms with Crippen LogP contribution in [0.25, 0.3) is 0 Å². The fourth-order valence-electron chi connectivity index (χ4n) is 3.97. The van der Waals surface area contributed by atoms with Crippen LogP contribution in [0.1, 0.15) is 0 Å². The van der Waals surface area contributed by atoms with Gasteiger partial charge in [0.05, 0.1) is 23.5 Å². The van der Waals surface area contributed by atoms with Crippen LogP contribution in [0.15, 0.2) is 48.5 Å². The van der Waals surface area contributed by atoms with Gasteiger partial charge in [0.1, 0.15) is 12.3 Å². The van der Waals surface area contributed by atoms with Crippen molar-refractivity contribution in [2.75, 3.05) is 62.7 Å². The zero-order valence-corrected chi connectivity index (χ0v) is 17.7. The van der Waals surface area contributed by atoms with Crippen LogP contribution in [-0.2, 0) is 4.79 Å². The molecule has 2 aliphatic rings. The van der Waals surface area contributed by atoms with Crippen molar-refractivity contribution in [2.45, 2.75) is 0 Å². The van der Waals surface area contributed by atoms with Gasteiger partial charge in [0.25, 0.3) is 0 Å². The Morgan fingerprint density at radius 2 is 1.60 bits per heavy atom. The predicted octanol–water partition coefficient (Wildman–Crippen LogP) is 2.94. The summed E-state index contributed by atoms with van der Waals surface area (Å²) in [5.74, 6) is 0.624. The number of hydrogen-bond donors (Lipinski definition) is 0. The van der Waals surface area contributed by atoms with Gasteiger partial charge in [0.15, 0.2) is 0 Å². The van der Waals surface area contributed by atoms with E-state index in [4.69, 9.17) is 16.3 Å². The summed E-state index contributed by atoms with van der Waals surface area (Å²) in [4.78, 5) is 33.0. The van der Waals surface area contributed by atoms with Gasteiger partial charge >= 0.3 is 6.03 Å². The number of carbonyl (C=O) groups excluding carboxylic acids is 2. The van der Waals surface area contributed by atoms with Gasteiger partial charge in [-0.3, -0.25) is 9.69 Å². The number of anilines is 2. The largest absolute Gasteiger partial charge is 0.495 e. The number of hydrogen-bond acceptors (Lipinski definition) is 4. The molecule has 7 nitrogen and oxygen atoms in total. The highest BCUT2D eigenvalue weighted by molar-refractivity contribution is 6.33. The topological polar surface area (TPSA) is 56.3 Å². The molecule has 0 aliphatic carbocycles. The summed E-state index contributed by atoms with van der Waals surface area (Å²) in [5.41, 5.74) is 1.72. The average molecular weight is 429 g/mol. The summed E-state index contributed by atoms with van der Waals surface area (Å²) in [6.45, 7) is 3.81. The van der Waals surface area contributed by atoms with E-state index in [9.17, 15) is 9.59 Å². The summed E-state index contributed by atoms with van der Waals surface area (Å²) in [6, 6.07) is 15.0. The van der Waals surface area contributed by atoms with Crippen molar-refractivity contribution < 1.29 is 14.3 Å². The first-order chi connectivity index (χ1) is 14.6. The molecule has 3 amide bonds. The smallest absolute Gasteiger partial charge is 0.325 e. The van der Waals surface area contributed by atoms with Gasteiger partial charge in [-0.25, -0.2) is 4.79 Å². The van der Waals surface area contributed by atoms with Crippen LogP contribution in [0.5, 0.6) is 5.75 Å². The lowest BCUT2D eigenvalue weighted by Crippen LogP contribution is -2.51. The fourth-order valence-corrected chi connectivity index (χ4v) is 4.23. The maximum Gasteiger partial charge on any atom is 0.325 e. The zero-order chi connectivity index (χ0) is 21.1. The van der Waals surface area contributed by atoms with Gasteiger partial charge in [-0.05, 0) is 24.3 Å². The van der Waals surface area contributed by atoms with Crippen molar-refractivity contribution >= 4 is 34.9 Å². The number of carbonyl (C=O) groups is 2. The summed E-state index contributed by atoms with van der Waals surface area (Å²) in [5, 5.41) is 0.719. The maximum absolute atomic E-state index is 12.9. The van der Waals surface area contributed by atoms with Crippen LogP contribution in [-0.4, -0.2) is 74.7 Å². The lowest BCUT2D eigenvalue weighted by atomic mass is 10.2. The Bertz CT molecular complexity index is 930. The first kappa shape index (κ1) is 20.3. The van der Waals surface area contributed by atoms with Crippen LogP contribution >= 0.6 is 11.6 Å². The Morgan fingerprint density at radius 3 is 2.30 bits per heavy atom. The molecule has 4 rings (SSSR count). The Morgan fingerprint density at radius 1 is 0.933 bits per heavy atom. The maximum atomic E-state index is 12.9. The number of ether oxygens (including phenoxy) is 1. The number of halogens is 1. The Labute approximate surface area is 181 Å². The first-order valence-electron chi connectivity index (χ1n) is 10.0. The van der Waals surface area contributed by atoms with E-state index in [0.717, 1.165) is 29.5 Å². The molecule has 2 aromatic rings. The van der Waals surface area contributed by atoms with E-state index < -0.39 is 0 Å². The van der Waals surface area contributed by atoms with Gasteiger partial charge < -0.3 is 19.4 Å². The SMILES string of the molecule is COc1ccccc1N1CCN(CC(=O)N2CCN(c3ccccc3Cl)CC2)C1=O. The molecule has 2 saturated heterocycles. The molecule has 0 radical (unpaired) electrons. The summed E-state index contributed by atoms with van der Waals surface area (Å²) in [6.07, 6.45) is 0. The van der Waals surface area contributed by atoms with Gasteiger partial charge in [-0.1, -0.05) is 35.9 Å². The number of methoxy groups -OCH3 is 1. The molecule has 2 heterocycles. The van der Waals surface area contributed by atoms with Crippen LogP contribution in [0, 0.1) is 0 Å². The second-order valence-electron chi connectivity index (χ2n) is 7.35. The minimum Gasteiger partial charge on any atom is -0.495 e. The van der Waals surface area contributed by atoms with Crippen molar-refractivity contribution in [3.05, 3.63) is 53.6 Å². The van der Waals surface area contributed by atoms with Gasteiger partial charge in [0, 0.05) is 39.3 Å². The average Bonchev–Trinajstić information content (AvgIpc) is 3.14. The molecule has 0 atom stereocenters. The number of rotatable bonds is 5. The normalized spacial score (nSPS) is 16.9. The van der Waals surface area contributed by atoms with Crippen LogP contribution in [0.3, 0.4) is 0 Å². The molecule has 158 valence electrons. The quantitative estimate of drug-likeness (QED) is 0.734. The number of amides is 3. The molecule has 8 heteroatoms. The molecular weight excluding hydrogens is 404 g/mol. The molecule has 0 bridgehead atoms. The highest BCUT2D eigenvalue weighted by atomic mass is 35.5. The van der Waals surface area contributed by atoms with Gasteiger partial charge in [0.2, 0.25) is 5.91 Å². The third kappa shape index (κ3) is 4.03. The second kappa shape index (κ2) is 8.83. The Hall–Kier alpha value is -2.93. The molecule has 0 N–H and O–H groups in total. The molecule has 2 aromatic carbocycles. The third-order valence-corrected chi connectivity index (χ3v) is 5.94. The number of urea groups is 1. The predicted molar refractivity (Wildman–Crippen MR) is 118 cm³/mol. The van der Waals surface area contributed by atoms with Crippen molar-refractivity contribution in [1.82, 2.24) is 9.80 Å². The van der Waals surface area contributed by atoms with Crippen LogP contribution in [0.4, 0.5) is 16.2 Å². The standard InChI is InChI=1S/C22H25ClN4O3/c1-30-20-9-5-4-8-19(20)27-15-14-26(22(27)29)16-21(28)25-12-10-24(11-13-25)18-7-3-2-6-17(18)23/h2-9H,10-16H2,1H3. The summed E-state index contributed by atoms with van der Waals surface area (Å²) in [7, 11) is 1.59. The molecule has 0 saturated carbocycles. The van der Waals surface area contributed by atoms with E-state index >= 15 is 0 Å². The van der Waals surface area contributed by atoms with E-state index in [0.29, 0.717) is 31.9 Å². The number of piperazine rings is 1. The highest BCUT2D eigenvalue weighted by Gasteiger charge is 2.33. The third-order valence-electron chi connectivity index (χ3n) is 5.62. The number of benzene rings is 2. The molecule has 0 aromatic heterocycles. The number of nitrogens with zero attached hydrogens (tertiary/aromatic N) is 4. The van der Waals surface area contributed by atoms with Crippen LogP contribution < -0.4 is 14.5 Å². The Balaban J connectivity index is 1.34. The molecule has 2 fully saturated rings. The van der Waals surface area contributed by atoms with Crippen molar-refractivity contribution in [3.63, 3.8) is 0 Å². The van der Waals surface area contributed by atoms with Crippen molar-refractivity contribution in [3.8, 4) is 5.75 Å². The molecular formula is C22H25ClN4O3. The monoisotopic (exact) mass is 428 g/mol. The summed E-state index contributed by atoms with van der Waals surface area (Å²) < 4.78 is 5.37. The van der Waals surface area contributed by atoms with E-state index in [1.807, 2.05) is 53.4 Å². The van der Waals surface area contributed by atoms with Crippen molar-refractivity contribution in [1.29, 1.82) is 0 Å². The highest BCUT2D eigenvalue weighted by Crippen LogP contribution is 2.30. The zero-order valence-electron chi connectivity index (χ0n) is 17.0. The minimum atomic E-state index is -0.164. The van der Waals surface area contributed by atoms with E-state index in [1.165, 1.54) is 0 Å². The minimum absolute atomic E-state index is 0.0240. The molecule has 2 aliphatic heterocycles. The van der Waals surface area contributed by atoms with Crippen LogP contribution in [0.2, 0.25) is 5.02 Å². The first-order valence-corrected chi connectivity index (χ1v) is 10.4. The van der Waals surface area contributed by atoms with Crippen molar-refractivity contribution in [2.24, 2.45) is 0 Å². The summed E-state index contributed by atoms with van der Waals surface area (Å²) >= 11 is 6.29. The molecule has 0 unspecified atom stereocenters. The fraction of sp³-hybridized carbons (Fsp3) is 0.364. The van der Waals surface area contributed by atoms with E-state index in [1.54, 1.807) is 16.9 Å². The lowest BCUT2D eigenvalue weighted by molar-refractivity contribution is -0.131. The second-order valence-corrected chi connectivity index (χ2v) is 7.75. The van der Waals surface area contributed by atoms with Gasteiger partial charge in [-0.15, -0.1) is 0 Å². The number of para-hydroxylation sites is 3. The molecule has 0 spiro atoms. The lowest BCUT2D eigenvalue weighted by Gasteiger charge is -2.37. The van der Waals surface area contributed by atoms with E-state index in [-0.39, 0.29) is 18.5 Å². The van der Waals surface area contributed by atoms with E-state index in [2.05, 4.69) is 4.90 Å².